The molecule has 3 aliphatic rings. The summed E-state index contributed by atoms with van der Waals surface area (Å²) in [5, 5.41) is 10.1. The van der Waals surface area contributed by atoms with E-state index in [2.05, 4.69) is 86.8 Å². The van der Waals surface area contributed by atoms with Gasteiger partial charge in [0.25, 0.3) is 11.7 Å². The van der Waals surface area contributed by atoms with Gasteiger partial charge < -0.3 is 24.6 Å². The predicted molar refractivity (Wildman–Crippen MR) is 237 cm³/mol. The van der Waals surface area contributed by atoms with Crippen LogP contribution in [0.4, 0.5) is 21.9 Å². The lowest BCUT2D eigenvalue weighted by atomic mass is 9.95. The van der Waals surface area contributed by atoms with E-state index in [1.54, 1.807) is 11.2 Å². The number of piperidine rings is 1. The van der Waals surface area contributed by atoms with Gasteiger partial charge in [0.05, 0.1) is 29.0 Å². The van der Waals surface area contributed by atoms with E-state index in [0.29, 0.717) is 31.3 Å². The Balaban J connectivity index is 0.759. The van der Waals surface area contributed by atoms with Crippen molar-refractivity contribution in [1.82, 2.24) is 45.6 Å². The van der Waals surface area contributed by atoms with Crippen LogP contribution in [0.3, 0.4) is 0 Å². The van der Waals surface area contributed by atoms with Crippen molar-refractivity contribution in [1.29, 1.82) is 0 Å². The third kappa shape index (κ3) is 8.73. The van der Waals surface area contributed by atoms with Crippen LogP contribution in [0.15, 0.2) is 77.7 Å². The quantitative estimate of drug-likeness (QED) is 0.145. The fourth-order valence-corrected chi connectivity index (χ4v) is 8.54. The molecule has 62 heavy (non-hydrogen) atoms. The molecule has 0 bridgehead atoms. The number of pyridine rings is 1. The molecule has 2 aromatic carbocycles. The van der Waals surface area contributed by atoms with Crippen LogP contribution < -0.4 is 25.3 Å². The number of piperazine rings is 1. The molecule has 0 aliphatic carbocycles. The minimum absolute atomic E-state index is 0.0218. The zero-order valence-corrected chi connectivity index (χ0v) is 35.6. The Labute approximate surface area is 360 Å². The number of urea groups is 1. The molecule has 3 aliphatic heterocycles. The maximum Gasteiger partial charge on any atom is 0.328 e. The average molecular weight is 837 g/mol. The number of amides is 4. The van der Waals surface area contributed by atoms with Gasteiger partial charge in [0.1, 0.15) is 12.0 Å². The number of aromatic nitrogens is 6. The molecular weight excluding hydrogens is 785 g/mol. The van der Waals surface area contributed by atoms with Crippen molar-refractivity contribution in [3.05, 3.63) is 96.0 Å². The Bertz CT molecular complexity index is 2580. The number of nitrogens with one attached hydrogen (secondary N) is 3. The zero-order chi connectivity index (χ0) is 43.0. The second-order valence-corrected chi connectivity index (χ2v) is 17.6. The summed E-state index contributed by atoms with van der Waals surface area (Å²) in [6.45, 7) is 15.7. The van der Waals surface area contributed by atoms with E-state index in [4.69, 9.17) is 9.51 Å². The predicted octanol–water partition coefficient (Wildman–Crippen LogP) is 6.09. The van der Waals surface area contributed by atoms with Crippen molar-refractivity contribution in [2.75, 3.05) is 67.1 Å². The number of imide groups is 1. The Hall–Kier alpha value is -6.68. The second kappa shape index (κ2) is 17.0. The van der Waals surface area contributed by atoms with Gasteiger partial charge in [0.2, 0.25) is 11.8 Å². The van der Waals surface area contributed by atoms with E-state index in [0.717, 1.165) is 115 Å². The Morgan fingerprint density at radius 1 is 0.855 bits per heavy atom. The molecule has 0 radical (unpaired) electrons. The van der Waals surface area contributed by atoms with Crippen LogP contribution in [0.25, 0.3) is 33.7 Å². The molecule has 7 heterocycles. The number of fused-ring (bicyclic) bond motifs is 1. The third-order valence-corrected chi connectivity index (χ3v) is 12.2. The van der Waals surface area contributed by atoms with Gasteiger partial charge in [-0.2, -0.15) is 4.98 Å². The van der Waals surface area contributed by atoms with Crippen LogP contribution in [0.1, 0.15) is 67.7 Å². The van der Waals surface area contributed by atoms with Crippen LogP contribution in [0.2, 0.25) is 0 Å². The number of aromatic amines is 1. The molecule has 3 N–H and O–H groups in total. The van der Waals surface area contributed by atoms with E-state index in [1.165, 1.54) is 5.69 Å². The first-order valence-electron chi connectivity index (χ1n) is 21.4. The van der Waals surface area contributed by atoms with Crippen molar-refractivity contribution in [3.8, 4) is 22.6 Å². The molecule has 4 amide bonds. The Morgan fingerprint density at radius 2 is 1.60 bits per heavy atom. The number of hydrogen-bond acceptors (Lipinski definition) is 12. The van der Waals surface area contributed by atoms with Gasteiger partial charge in [-0.25, -0.2) is 14.8 Å². The molecule has 16 heteroatoms. The molecular formula is C46H52N12O4. The number of carbonyl (C=O) groups excluding carboxylic acids is 3. The van der Waals surface area contributed by atoms with E-state index in [9.17, 15) is 14.4 Å². The van der Waals surface area contributed by atoms with Gasteiger partial charge in [-0.15, -0.1) is 0 Å². The average Bonchev–Trinajstić information content (AvgIpc) is 3.96. The van der Waals surface area contributed by atoms with E-state index < -0.39 is 0 Å². The van der Waals surface area contributed by atoms with Gasteiger partial charge in [0.15, 0.2) is 0 Å². The van der Waals surface area contributed by atoms with Crippen LogP contribution in [0.5, 0.6) is 0 Å². The highest BCUT2D eigenvalue weighted by atomic mass is 16.5. The first-order chi connectivity index (χ1) is 29.9. The molecule has 3 fully saturated rings. The van der Waals surface area contributed by atoms with Gasteiger partial charge in [-0.1, -0.05) is 38.1 Å². The van der Waals surface area contributed by atoms with Crippen molar-refractivity contribution in [3.63, 3.8) is 0 Å². The standard InChI is InChI=1S/C46H52N12O4/c1-29-23-31(5-6-32(29)25-48-43(60)42-53-44(62-54-42)46(2,3)4)40-36-24-38(51-41(36)50-28-49-40)37-12-11-35(26-47-37)57-21-19-55(20-22-57)27-30-13-16-56(17-14-30)33-7-9-34(10-8-33)58-18-15-39(59)52-45(58)61/h5-12,23-24,26,28,30H,13-22,25,27H2,1-4H3,(H,48,60)(H,49,50,51)(H,52,59,61). The number of aryl methyl sites for hydroxylation is 1. The van der Waals surface area contributed by atoms with Gasteiger partial charge >= 0.3 is 6.03 Å². The molecule has 0 unspecified atom stereocenters. The highest BCUT2D eigenvalue weighted by molar-refractivity contribution is 6.05. The summed E-state index contributed by atoms with van der Waals surface area (Å²) < 4.78 is 5.28. The van der Waals surface area contributed by atoms with Gasteiger partial charge in [0, 0.05) is 93.1 Å². The normalized spacial score (nSPS) is 16.9. The second-order valence-electron chi connectivity index (χ2n) is 17.6. The number of nitrogens with zero attached hydrogens (tertiary/aromatic N) is 9. The first-order valence-corrected chi connectivity index (χ1v) is 21.4. The fourth-order valence-electron chi connectivity index (χ4n) is 8.54. The van der Waals surface area contributed by atoms with Crippen LogP contribution >= 0.6 is 0 Å². The smallest absolute Gasteiger partial charge is 0.328 e. The molecule has 0 spiro atoms. The Morgan fingerprint density at radius 3 is 2.29 bits per heavy atom. The number of hydrogen-bond donors (Lipinski definition) is 3. The summed E-state index contributed by atoms with van der Waals surface area (Å²) in [6.07, 6.45) is 6.17. The lowest BCUT2D eigenvalue weighted by Gasteiger charge is -2.40. The molecule has 16 nitrogen and oxygen atoms in total. The van der Waals surface area contributed by atoms with Crippen LogP contribution in [-0.2, 0) is 16.8 Å². The zero-order valence-electron chi connectivity index (χ0n) is 35.6. The lowest BCUT2D eigenvalue weighted by Crippen LogP contribution is -2.49. The number of rotatable bonds is 10. The van der Waals surface area contributed by atoms with Crippen molar-refractivity contribution < 1.29 is 18.9 Å². The lowest BCUT2D eigenvalue weighted by molar-refractivity contribution is -0.120. The first kappa shape index (κ1) is 40.7. The third-order valence-electron chi connectivity index (χ3n) is 12.2. The number of H-pyrrole nitrogens is 1. The van der Waals surface area contributed by atoms with E-state index >= 15 is 0 Å². The van der Waals surface area contributed by atoms with Gasteiger partial charge in [-0.05, 0) is 85.3 Å². The van der Waals surface area contributed by atoms with Crippen LogP contribution in [-0.4, -0.2) is 105 Å². The summed E-state index contributed by atoms with van der Waals surface area (Å²) >= 11 is 0. The molecule has 6 aromatic rings. The van der Waals surface area contributed by atoms with Crippen molar-refractivity contribution in [2.24, 2.45) is 5.92 Å². The molecule has 3 saturated heterocycles. The molecule has 320 valence electrons. The minimum Gasteiger partial charge on any atom is -0.372 e. The maximum atomic E-state index is 12.7. The van der Waals surface area contributed by atoms with Gasteiger partial charge in [-0.3, -0.25) is 29.7 Å². The molecule has 0 atom stereocenters. The number of anilines is 3. The maximum absolute atomic E-state index is 12.7. The van der Waals surface area contributed by atoms with Crippen molar-refractivity contribution >= 4 is 45.9 Å². The summed E-state index contributed by atoms with van der Waals surface area (Å²) in [5.74, 6) is 0.504. The number of carbonyl (C=O) groups is 3. The monoisotopic (exact) mass is 836 g/mol. The van der Waals surface area contributed by atoms with E-state index in [-0.39, 0.29) is 29.1 Å². The van der Waals surface area contributed by atoms with Crippen molar-refractivity contribution in [2.45, 2.75) is 58.9 Å². The van der Waals surface area contributed by atoms with Crippen LogP contribution in [0, 0.1) is 12.8 Å². The largest absolute Gasteiger partial charge is 0.372 e. The highest BCUT2D eigenvalue weighted by Crippen LogP contribution is 2.32. The highest BCUT2D eigenvalue weighted by Gasteiger charge is 2.28. The molecule has 4 aromatic heterocycles. The molecule has 9 rings (SSSR count). The summed E-state index contributed by atoms with van der Waals surface area (Å²) in [7, 11) is 0. The SMILES string of the molecule is Cc1cc(-c2ncnc3[nH]c(-c4ccc(N5CCN(CC6CCN(c7ccc(N8CCC(=O)NC8=O)cc7)CC6)CC5)cn4)cc23)ccc1CNC(=O)c1noc(C(C)(C)C)n1. The number of benzene rings is 2. The Kier molecular flexibility index (Phi) is 11.2. The fraction of sp³-hybridized carbons (Fsp3) is 0.391. The topological polar surface area (TPSA) is 182 Å². The summed E-state index contributed by atoms with van der Waals surface area (Å²) in [4.78, 5) is 67.4. The summed E-state index contributed by atoms with van der Waals surface area (Å²) in [5.41, 5.74) is 8.97. The summed E-state index contributed by atoms with van der Waals surface area (Å²) in [6, 6.07) is 20.2. The van der Waals surface area contributed by atoms with E-state index in [1.807, 2.05) is 58.2 Å². The minimum atomic E-state index is -0.385. The molecule has 0 saturated carbocycles.